The van der Waals surface area contributed by atoms with E-state index in [1.54, 1.807) is 24.1 Å². The largest absolute Gasteiger partial charge is 0.497 e. The summed E-state index contributed by atoms with van der Waals surface area (Å²) in [4.78, 5) is 26.4. The van der Waals surface area contributed by atoms with Gasteiger partial charge >= 0.3 is 5.97 Å². The number of anilines is 1. The SMILES string of the molecule is COc1cccc(N2C[C@@H](C(=O)Oc3cccc(C)c3C)CC2=O)c1. The zero-order chi connectivity index (χ0) is 18.0. The molecule has 1 atom stereocenters. The minimum absolute atomic E-state index is 0.0869. The van der Waals surface area contributed by atoms with Gasteiger partial charge in [-0.2, -0.15) is 0 Å². The second kappa shape index (κ2) is 6.97. The van der Waals surface area contributed by atoms with E-state index in [-0.39, 0.29) is 18.3 Å². The van der Waals surface area contributed by atoms with Crippen LogP contribution in [0.5, 0.6) is 11.5 Å². The lowest BCUT2D eigenvalue weighted by Crippen LogP contribution is -2.27. The number of nitrogens with zero attached hydrogens (tertiary/aromatic N) is 1. The van der Waals surface area contributed by atoms with Crippen molar-refractivity contribution in [1.82, 2.24) is 0 Å². The van der Waals surface area contributed by atoms with E-state index >= 15 is 0 Å². The van der Waals surface area contributed by atoms with Crippen LogP contribution in [0.1, 0.15) is 17.5 Å². The fraction of sp³-hybridized carbons (Fsp3) is 0.300. The second-order valence-corrected chi connectivity index (χ2v) is 6.23. The maximum Gasteiger partial charge on any atom is 0.316 e. The van der Waals surface area contributed by atoms with Crippen LogP contribution in [0.3, 0.4) is 0 Å². The average Bonchev–Trinajstić information content (AvgIpc) is 3.01. The van der Waals surface area contributed by atoms with Crippen molar-refractivity contribution in [2.75, 3.05) is 18.6 Å². The van der Waals surface area contributed by atoms with Gasteiger partial charge in [0, 0.05) is 24.7 Å². The van der Waals surface area contributed by atoms with Crippen molar-refractivity contribution in [2.45, 2.75) is 20.3 Å². The third kappa shape index (κ3) is 3.50. The van der Waals surface area contributed by atoms with Crippen LogP contribution in [-0.4, -0.2) is 25.5 Å². The number of ether oxygens (including phenoxy) is 2. The number of rotatable bonds is 4. The minimum atomic E-state index is -0.474. The minimum Gasteiger partial charge on any atom is -0.497 e. The van der Waals surface area contributed by atoms with Crippen molar-refractivity contribution in [3.63, 3.8) is 0 Å². The molecule has 1 amide bonds. The van der Waals surface area contributed by atoms with Crippen molar-refractivity contribution >= 4 is 17.6 Å². The van der Waals surface area contributed by atoms with E-state index in [1.165, 1.54) is 0 Å². The monoisotopic (exact) mass is 339 g/mol. The van der Waals surface area contributed by atoms with E-state index in [4.69, 9.17) is 9.47 Å². The summed E-state index contributed by atoms with van der Waals surface area (Å²) in [6.07, 6.45) is 0.154. The zero-order valence-corrected chi connectivity index (χ0v) is 14.6. The second-order valence-electron chi connectivity index (χ2n) is 6.23. The Morgan fingerprint density at radius 3 is 2.68 bits per heavy atom. The number of benzene rings is 2. The molecule has 0 unspecified atom stereocenters. The first kappa shape index (κ1) is 17.0. The topological polar surface area (TPSA) is 55.8 Å². The van der Waals surface area contributed by atoms with Gasteiger partial charge in [0.2, 0.25) is 5.91 Å². The number of aryl methyl sites for hydroxylation is 1. The molecule has 1 aliphatic rings. The van der Waals surface area contributed by atoms with Gasteiger partial charge in [-0.3, -0.25) is 9.59 Å². The van der Waals surface area contributed by atoms with Gasteiger partial charge in [0.05, 0.1) is 13.0 Å². The molecule has 0 spiro atoms. The molecular formula is C20H21NO4. The fourth-order valence-electron chi connectivity index (χ4n) is 2.92. The van der Waals surface area contributed by atoms with Crippen molar-refractivity contribution in [1.29, 1.82) is 0 Å². The van der Waals surface area contributed by atoms with Crippen molar-refractivity contribution < 1.29 is 19.1 Å². The number of hydrogen-bond donors (Lipinski definition) is 0. The fourth-order valence-corrected chi connectivity index (χ4v) is 2.92. The molecule has 0 saturated carbocycles. The summed E-state index contributed by atoms with van der Waals surface area (Å²) in [5.41, 5.74) is 2.72. The van der Waals surface area contributed by atoms with Gasteiger partial charge in [-0.15, -0.1) is 0 Å². The maximum absolute atomic E-state index is 12.5. The molecule has 0 radical (unpaired) electrons. The molecule has 5 nitrogen and oxygen atoms in total. The lowest BCUT2D eigenvalue weighted by Gasteiger charge is -2.17. The Labute approximate surface area is 147 Å². The summed E-state index contributed by atoms with van der Waals surface area (Å²) in [5.74, 6) is 0.297. The van der Waals surface area contributed by atoms with Crippen LogP contribution in [-0.2, 0) is 9.59 Å². The van der Waals surface area contributed by atoms with Gasteiger partial charge in [0.15, 0.2) is 0 Å². The molecule has 130 valence electrons. The molecule has 3 rings (SSSR count). The van der Waals surface area contributed by atoms with E-state index in [2.05, 4.69) is 0 Å². The third-order valence-electron chi connectivity index (χ3n) is 4.59. The van der Waals surface area contributed by atoms with E-state index in [9.17, 15) is 9.59 Å². The summed E-state index contributed by atoms with van der Waals surface area (Å²) in [6.45, 7) is 4.20. The quantitative estimate of drug-likeness (QED) is 0.634. The number of amides is 1. The van der Waals surface area contributed by atoms with Gasteiger partial charge in [-0.1, -0.05) is 18.2 Å². The Balaban J connectivity index is 1.73. The molecule has 2 aromatic rings. The zero-order valence-electron chi connectivity index (χ0n) is 14.6. The van der Waals surface area contributed by atoms with Crippen LogP contribution >= 0.6 is 0 Å². The van der Waals surface area contributed by atoms with Gasteiger partial charge in [0.1, 0.15) is 11.5 Å². The van der Waals surface area contributed by atoms with Crippen molar-refractivity contribution in [3.8, 4) is 11.5 Å². The van der Waals surface area contributed by atoms with Crippen molar-refractivity contribution in [3.05, 3.63) is 53.6 Å². The highest BCUT2D eigenvalue weighted by molar-refractivity contribution is 5.99. The molecule has 0 bridgehead atoms. The van der Waals surface area contributed by atoms with Crippen LogP contribution in [0.15, 0.2) is 42.5 Å². The van der Waals surface area contributed by atoms with Gasteiger partial charge in [0.25, 0.3) is 0 Å². The first-order valence-electron chi connectivity index (χ1n) is 8.22. The van der Waals surface area contributed by atoms with Crippen LogP contribution in [0.25, 0.3) is 0 Å². The van der Waals surface area contributed by atoms with E-state index in [1.807, 2.05) is 44.2 Å². The molecule has 1 saturated heterocycles. The molecule has 1 aliphatic heterocycles. The lowest BCUT2D eigenvalue weighted by molar-refractivity contribution is -0.139. The Morgan fingerprint density at radius 2 is 1.92 bits per heavy atom. The third-order valence-corrected chi connectivity index (χ3v) is 4.59. The molecule has 1 fully saturated rings. The van der Waals surface area contributed by atoms with E-state index in [0.29, 0.717) is 18.0 Å². The smallest absolute Gasteiger partial charge is 0.316 e. The highest BCUT2D eigenvalue weighted by Gasteiger charge is 2.36. The normalized spacial score (nSPS) is 16.8. The maximum atomic E-state index is 12.5. The standard InChI is InChI=1S/C20H21NO4/c1-13-6-4-9-18(14(13)2)25-20(23)15-10-19(22)21(12-15)16-7-5-8-17(11-16)24-3/h4-9,11,15H,10,12H2,1-3H3/t15-/m0/s1. The van der Waals surface area contributed by atoms with Gasteiger partial charge in [-0.05, 0) is 43.2 Å². The summed E-state index contributed by atoms with van der Waals surface area (Å²) in [6, 6.07) is 12.9. The number of esters is 1. The molecular weight excluding hydrogens is 318 g/mol. The first-order chi connectivity index (χ1) is 12.0. The summed E-state index contributed by atoms with van der Waals surface area (Å²) >= 11 is 0. The van der Waals surface area contributed by atoms with Gasteiger partial charge in [-0.25, -0.2) is 0 Å². The Morgan fingerprint density at radius 1 is 1.16 bits per heavy atom. The predicted molar refractivity (Wildman–Crippen MR) is 95.0 cm³/mol. The predicted octanol–water partition coefficient (Wildman–Crippen LogP) is 3.27. The molecule has 1 heterocycles. The molecule has 0 N–H and O–H groups in total. The van der Waals surface area contributed by atoms with Crippen LogP contribution < -0.4 is 14.4 Å². The van der Waals surface area contributed by atoms with Crippen molar-refractivity contribution in [2.24, 2.45) is 5.92 Å². The lowest BCUT2D eigenvalue weighted by atomic mass is 10.1. The molecule has 25 heavy (non-hydrogen) atoms. The Hall–Kier alpha value is -2.82. The summed E-state index contributed by atoms with van der Waals surface area (Å²) < 4.78 is 10.7. The number of carbonyl (C=O) groups excluding carboxylic acids is 2. The van der Waals surface area contributed by atoms with Gasteiger partial charge < -0.3 is 14.4 Å². The highest BCUT2D eigenvalue weighted by Crippen LogP contribution is 2.29. The van der Waals surface area contributed by atoms with E-state index in [0.717, 1.165) is 16.8 Å². The number of carbonyl (C=O) groups is 2. The van der Waals surface area contributed by atoms with Crippen LogP contribution in [0.2, 0.25) is 0 Å². The number of methoxy groups -OCH3 is 1. The molecule has 0 aromatic heterocycles. The molecule has 0 aliphatic carbocycles. The highest BCUT2D eigenvalue weighted by atomic mass is 16.5. The Kier molecular flexibility index (Phi) is 4.74. The molecule has 5 heteroatoms. The number of hydrogen-bond acceptors (Lipinski definition) is 4. The summed E-state index contributed by atoms with van der Waals surface area (Å²) in [7, 11) is 1.58. The molecule has 2 aromatic carbocycles. The Bertz CT molecular complexity index is 815. The van der Waals surface area contributed by atoms with Crippen LogP contribution in [0, 0.1) is 19.8 Å². The van der Waals surface area contributed by atoms with Crippen LogP contribution in [0.4, 0.5) is 5.69 Å². The first-order valence-corrected chi connectivity index (χ1v) is 8.22. The van der Waals surface area contributed by atoms with E-state index < -0.39 is 5.92 Å². The average molecular weight is 339 g/mol. The summed E-state index contributed by atoms with van der Waals surface area (Å²) in [5, 5.41) is 0.